The Labute approximate surface area is 298 Å². The normalized spacial score (nSPS) is 11.8. The SMILES string of the molecule is NC(=NCCCCCCN=C(N)/N=C(\N)Nc1ccc(Cl)cc1)/N=C(\N)Nc1ccc(Cl)cc1.O=C(O)O.O=P([O-])(O)O.[Ca+2].[F-]. The number of hydrogen-bond donors (Lipinski definition) is 10. The molecule has 2 aromatic carbocycles. The summed E-state index contributed by atoms with van der Waals surface area (Å²) in [6, 6.07) is 14.1. The summed E-state index contributed by atoms with van der Waals surface area (Å²) in [6.07, 6.45) is 1.85. The van der Waals surface area contributed by atoms with E-state index in [2.05, 4.69) is 30.6 Å². The van der Waals surface area contributed by atoms with Crippen LogP contribution in [0.2, 0.25) is 10.0 Å². The van der Waals surface area contributed by atoms with Gasteiger partial charge in [-0.25, -0.2) is 4.79 Å². The monoisotopic (exact) mass is 722 g/mol. The summed E-state index contributed by atoms with van der Waals surface area (Å²) in [5, 5.41) is 21.1. The molecular weight excluding hydrogens is 689 g/mol. The molecule has 0 atom stereocenters. The Morgan fingerprint density at radius 3 is 1.27 bits per heavy atom. The molecule has 0 fully saturated rings. The molecule has 0 amide bonds. The molecule has 22 heteroatoms. The molecule has 14 N–H and O–H groups in total. The predicted octanol–water partition coefficient (Wildman–Crippen LogP) is -1.38. The molecule has 0 spiro atoms. The van der Waals surface area contributed by atoms with Crippen LogP contribution in [0.25, 0.3) is 0 Å². The molecule has 0 heterocycles. The molecule has 0 saturated carbocycles. The van der Waals surface area contributed by atoms with Crippen molar-refractivity contribution in [2.75, 3.05) is 23.7 Å². The van der Waals surface area contributed by atoms with Crippen LogP contribution in [0, 0.1) is 0 Å². The third-order valence-corrected chi connectivity index (χ3v) is 4.82. The number of nitrogens with one attached hydrogen (secondary N) is 2. The summed E-state index contributed by atoms with van der Waals surface area (Å²) < 4.78 is 8.77. The second-order valence-corrected chi connectivity index (χ2v) is 9.78. The van der Waals surface area contributed by atoms with E-state index >= 15 is 0 Å². The van der Waals surface area contributed by atoms with Crippen molar-refractivity contribution in [3.63, 3.8) is 0 Å². The van der Waals surface area contributed by atoms with Gasteiger partial charge in [-0.2, -0.15) is 9.98 Å². The van der Waals surface area contributed by atoms with Gasteiger partial charge >= 0.3 is 43.9 Å². The standard InChI is InChI=1S/C22H30Cl2N10.CH2O3.Ca.FH.H3O4P/c23-15-5-9-17(10-6-15)31-21(27)33-19(25)29-13-3-1-2-4-14-30-20(26)34-22(28)32-18-11-7-16(24)8-12-18;2-1(3)4;;;1-5(2,3)4/h5-12H,1-4,13-14H2,(H5,25,27,29,31,33)(H5,26,28,30,32,34);(H2,2,3,4);;1H;(H3,1,2,3,4)/q;;+2;;/p-2. The zero-order chi connectivity index (χ0) is 32.8. The zero-order valence-electron chi connectivity index (χ0n) is 23.8. The molecule has 17 nitrogen and oxygen atoms in total. The largest absolute Gasteiger partial charge is 2.00 e. The topological polar surface area (TPSA) is 316 Å². The molecule has 246 valence electrons. The second kappa shape index (κ2) is 26.3. The van der Waals surface area contributed by atoms with Crippen LogP contribution >= 0.6 is 31.0 Å². The van der Waals surface area contributed by atoms with Crippen LogP contribution in [0.15, 0.2) is 68.5 Å². The van der Waals surface area contributed by atoms with Gasteiger partial charge in [0.05, 0.1) is 0 Å². The first kappa shape index (κ1) is 46.5. The van der Waals surface area contributed by atoms with Gasteiger partial charge in [0.1, 0.15) is 0 Å². The number of nitrogens with two attached hydrogens (primary N) is 4. The van der Waals surface area contributed by atoms with Crippen molar-refractivity contribution in [2.24, 2.45) is 42.9 Å². The maximum Gasteiger partial charge on any atom is 2.00 e. The minimum Gasteiger partial charge on any atom is -1.00 e. The number of unbranched alkanes of at least 4 members (excludes halogenated alkanes) is 3. The third kappa shape index (κ3) is 32.3. The van der Waals surface area contributed by atoms with E-state index in [1.165, 1.54) is 0 Å². The third-order valence-electron chi connectivity index (χ3n) is 4.32. The Morgan fingerprint density at radius 1 is 0.733 bits per heavy atom. The molecule has 0 saturated heterocycles. The first-order valence-corrected chi connectivity index (χ1v) is 14.4. The number of anilines is 2. The van der Waals surface area contributed by atoms with Crippen LogP contribution < -0.4 is 43.2 Å². The fourth-order valence-corrected chi connectivity index (χ4v) is 2.95. The fourth-order valence-electron chi connectivity index (χ4n) is 2.70. The summed E-state index contributed by atoms with van der Waals surface area (Å²) in [5.41, 5.74) is 24.8. The molecule has 45 heavy (non-hydrogen) atoms. The molecule has 0 aliphatic heterocycles. The molecule has 0 radical (unpaired) electrons. The molecule has 0 bridgehead atoms. The van der Waals surface area contributed by atoms with Gasteiger partial charge in [-0.05, 0) is 61.4 Å². The minimum atomic E-state index is -4.89. The van der Waals surface area contributed by atoms with E-state index in [1.54, 1.807) is 48.5 Å². The maximum absolute atomic E-state index is 8.77. The van der Waals surface area contributed by atoms with Crippen LogP contribution in [-0.2, 0) is 4.57 Å². The van der Waals surface area contributed by atoms with E-state index in [-0.39, 0.29) is 66.3 Å². The van der Waals surface area contributed by atoms with Gasteiger partial charge in [0.2, 0.25) is 23.8 Å². The van der Waals surface area contributed by atoms with Gasteiger partial charge in [-0.15, -0.1) is 0 Å². The van der Waals surface area contributed by atoms with Crippen molar-refractivity contribution in [1.82, 2.24) is 0 Å². The summed E-state index contributed by atoms with van der Waals surface area (Å²) in [4.78, 5) is 48.0. The number of carbonyl (C=O) groups is 1. The Morgan fingerprint density at radius 2 is 1.00 bits per heavy atom. The number of aliphatic imine (C=N–C) groups is 4. The van der Waals surface area contributed by atoms with Crippen molar-refractivity contribution in [3.05, 3.63) is 58.6 Å². The molecule has 2 aromatic rings. The zero-order valence-corrected chi connectivity index (χ0v) is 28.4. The Kier molecular flexibility index (Phi) is 27.2. The minimum absolute atomic E-state index is 0. The number of carboxylic acid groups (broad SMARTS) is 2. The van der Waals surface area contributed by atoms with E-state index in [9.17, 15) is 0 Å². The smallest absolute Gasteiger partial charge is 1.00 e. The van der Waals surface area contributed by atoms with Crippen molar-refractivity contribution < 1.29 is 39.0 Å². The number of halogens is 3. The van der Waals surface area contributed by atoms with Crippen LogP contribution in [0.4, 0.5) is 16.2 Å². The Balaban J connectivity index is -0.00000141. The number of hydrogen-bond acceptors (Lipinski definition) is 5. The first-order chi connectivity index (χ1) is 20.0. The van der Waals surface area contributed by atoms with Crippen LogP contribution in [-0.4, -0.2) is 101 Å². The van der Waals surface area contributed by atoms with E-state index in [0.29, 0.717) is 23.1 Å². The molecule has 0 unspecified atom stereocenters. The summed E-state index contributed by atoms with van der Waals surface area (Å²) in [5.74, 6) is 0.564. The number of benzene rings is 2. The van der Waals surface area contributed by atoms with Gasteiger partial charge in [0.25, 0.3) is 7.82 Å². The molecule has 0 aliphatic rings. The van der Waals surface area contributed by atoms with Crippen molar-refractivity contribution in [3.8, 4) is 0 Å². The first-order valence-electron chi connectivity index (χ1n) is 12.1. The summed E-state index contributed by atoms with van der Waals surface area (Å²) in [6.45, 7) is 1.12. The average Bonchev–Trinajstić information content (AvgIpc) is 2.87. The number of nitrogens with zero attached hydrogens (tertiary/aromatic N) is 4. The molecule has 0 aromatic heterocycles. The van der Waals surface area contributed by atoms with Crippen molar-refractivity contribution in [2.45, 2.75) is 25.7 Å². The van der Waals surface area contributed by atoms with Gasteiger partial charge in [-0.1, -0.05) is 36.0 Å². The van der Waals surface area contributed by atoms with Crippen LogP contribution in [0.5, 0.6) is 0 Å². The Hall–Kier alpha value is -2.93. The molecule has 2 rings (SSSR count). The maximum atomic E-state index is 8.77. The molecular formula is C23H34CaCl2FN10O7P. The number of phosphoric acid groups is 1. The van der Waals surface area contributed by atoms with Gasteiger partial charge in [0.15, 0.2) is 0 Å². The van der Waals surface area contributed by atoms with E-state index < -0.39 is 14.0 Å². The van der Waals surface area contributed by atoms with Gasteiger partial charge in [0, 0.05) is 34.5 Å². The van der Waals surface area contributed by atoms with Crippen molar-refractivity contribution >= 4 is 110 Å². The van der Waals surface area contributed by atoms with Crippen LogP contribution in [0.1, 0.15) is 25.7 Å². The van der Waals surface area contributed by atoms with E-state index in [1.807, 2.05) is 0 Å². The van der Waals surface area contributed by atoms with E-state index in [4.69, 9.17) is 80.4 Å². The number of guanidine groups is 4. The Bertz CT molecular complexity index is 1210. The fraction of sp³-hybridized carbons (Fsp3) is 0.261. The average molecular weight is 724 g/mol. The van der Waals surface area contributed by atoms with Crippen molar-refractivity contribution in [1.29, 1.82) is 0 Å². The van der Waals surface area contributed by atoms with Gasteiger partial charge in [-0.3, -0.25) is 14.5 Å². The summed E-state index contributed by atoms with van der Waals surface area (Å²) in [7, 11) is -4.89. The summed E-state index contributed by atoms with van der Waals surface area (Å²) >= 11 is 11.7. The second-order valence-electron chi connectivity index (χ2n) is 7.93. The van der Waals surface area contributed by atoms with E-state index in [0.717, 1.165) is 37.1 Å². The van der Waals surface area contributed by atoms with Crippen LogP contribution in [0.3, 0.4) is 0 Å². The quantitative estimate of drug-likeness (QED) is 0.0470. The van der Waals surface area contributed by atoms with Gasteiger partial charge < -0.3 is 63.2 Å². The molecule has 0 aliphatic carbocycles. The number of rotatable bonds is 9. The predicted molar refractivity (Wildman–Crippen MR) is 173 cm³/mol.